The Morgan fingerprint density at radius 3 is 1.94 bits per heavy atom. The zero-order valence-electron chi connectivity index (χ0n) is 29.9. The zero-order chi connectivity index (χ0) is 35.8. The van der Waals surface area contributed by atoms with Crippen molar-refractivity contribution in [2.45, 2.75) is 6.04 Å². The third kappa shape index (κ3) is 4.60. The highest BCUT2D eigenvalue weighted by atomic mass is 15.1. The summed E-state index contributed by atoms with van der Waals surface area (Å²) in [6.45, 7) is 0. The Labute approximate surface area is 314 Å². The monoisotopic (exact) mass is 688 g/mol. The first-order valence-electron chi connectivity index (χ1n) is 18.8. The third-order valence-electron chi connectivity index (χ3n) is 11.6. The molecule has 0 saturated heterocycles. The van der Waals surface area contributed by atoms with Crippen LogP contribution in [0.4, 0.5) is 0 Å². The molecule has 11 rings (SSSR count). The van der Waals surface area contributed by atoms with Crippen LogP contribution in [0.2, 0.25) is 0 Å². The Balaban J connectivity index is 1.17. The average Bonchev–Trinajstić information content (AvgIpc) is 3.59. The second-order valence-corrected chi connectivity index (χ2v) is 14.5. The van der Waals surface area contributed by atoms with Crippen LogP contribution < -0.4 is 0 Å². The van der Waals surface area contributed by atoms with Gasteiger partial charge in [0.15, 0.2) is 0 Å². The quantitative estimate of drug-likeness (QED) is 0.167. The van der Waals surface area contributed by atoms with Gasteiger partial charge < -0.3 is 9.47 Å². The number of benzene rings is 9. The van der Waals surface area contributed by atoms with E-state index in [4.69, 9.17) is 0 Å². The van der Waals surface area contributed by atoms with Gasteiger partial charge in [-0.05, 0) is 79.4 Å². The maximum Gasteiger partial charge on any atom is 0.0733 e. The lowest BCUT2D eigenvalue weighted by Crippen LogP contribution is -2.25. The molecule has 1 unspecified atom stereocenters. The standard InChI is InChI=1S/C52H36N2/c1-53-48(32-38(34-15-3-2-4-16-34)33-49(53)43-27-14-19-35-17-5-7-22-40(35)43)37-20-13-21-39(31-37)54-47-28-12-11-26-46(47)51-50-41-23-8-6-18-36(41)29-30-44(50)42-24-9-10-25-45(42)52(51)54/h2-33,48H,1H3. The molecule has 0 radical (unpaired) electrons. The highest BCUT2D eigenvalue weighted by Gasteiger charge is 2.26. The summed E-state index contributed by atoms with van der Waals surface area (Å²) in [5.41, 5.74) is 9.77. The molecule has 0 fully saturated rings. The molecular weight excluding hydrogens is 653 g/mol. The van der Waals surface area contributed by atoms with Gasteiger partial charge in [0.1, 0.15) is 0 Å². The molecule has 0 N–H and O–H groups in total. The minimum absolute atomic E-state index is 0.00809. The van der Waals surface area contributed by atoms with E-state index in [1.807, 2.05) is 0 Å². The molecule has 1 aromatic heterocycles. The fourth-order valence-corrected chi connectivity index (χ4v) is 9.13. The number of aromatic nitrogens is 1. The maximum atomic E-state index is 2.52. The van der Waals surface area contributed by atoms with Crippen molar-refractivity contribution in [3.05, 3.63) is 211 Å². The first-order valence-corrected chi connectivity index (χ1v) is 18.8. The van der Waals surface area contributed by atoms with Gasteiger partial charge in [0.2, 0.25) is 0 Å². The minimum atomic E-state index is 0.00809. The van der Waals surface area contributed by atoms with Crippen LogP contribution in [0.3, 0.4) is 0 Å². The molecule has 1 aliphatic heterocycles. The fraction of sp³-hybridized carbons (Fsp3) is 0.0385. The number of rotatable bonds is 4. The lowest BCUT2D eigenvalue weighted by molar-refractivity contribution is 0.414. The van der Waals surface area contributed by atoms with E-state index in [1.54, 1.807) is 0 Å². The van der Waals surface area contributed by atoms with E-state index < -0.39 is 0 Å². The minimum Gasteiger partial charge on any atom is -0.364 e. The van der Waals surface area contributed by atoms with Gasteiger partial charge in [0.05, 0.1) is 17.1 Å². The van der Waals surface area contributed by atoms with Gasteiger partial charge in [-0.15, -0.1) is 0 Å². The predicted octanol–water partition coefficient (Wildman–Crippen LogP) is 13.5. The molecule has 2 nitrogen and oxygen atoms in total. The highest BCUT2D eigenvalue weighted by molar-refractivity contribution is 6.36. The van der Waals surface area contributed by atoms with E-state index in [9.17, 15) is 0 Å². The molecule has 1 aliphatic rings. The first kappa shape index (κ1) is 30.7. The smallest absolute Gasteiger partial charge is 0.0733 e. The molecule has 1 atom stereocenters. The average molecular weight is 689 g/mol. The molecule has 2 heterocycles. The summed E-state index contributed by atoms with van der Waals surface area (Å²) in [6.07, 6.45) is 4.80. The van der Waals surface area contributed by atoms with E-state index in [2.05, 4.69) is 211 Å². The summed E-state index contributed by atoms with van der Waals surface area (Å²) in [5.74, 6) is 0. The van der Waals surface area contributed by atoms with Crippen LogP contribution in [0.15, 0.2) is 194 Å². The van der Waals surface area contributed by atoms with E-state index in [-0.39, 0.29) is 6.04 Å². The van der Waals surface area contributed by atoms with Crippen LogP contribution in [0, 0.1) is 0 Å². The maximum absolute atomic E-state index is 2.52. The lowest BCUT2D eigenvalue weighted by Gasteiger charge is -2.35. The van der Waals surface area contributed by atoms with Gasteiger partial charge in [0, 0.05) is 45.5 Å². The van der Waals surface area contributed by atoms with Gasteiger partial charge in [-0.3, -0.25) is 0 Å². The molecule has 0 aliphatic carbocycles. The lowest BCUT2D eigenvalue weighted by atomic mass is 9.90. The molecule has 254 valence electrons. The molecule has 2 heteroatoms. The Kier molecular flexibility index (Phi) is 6.87. The number of hydrogen-bond acceptors (Lipinski definition) is 1. The van der Waals surface area contributed by atoms with Crippen molar-refractivity contribution in [2.75, 3.05) is 7.05 Å². The first-order chi connectivity index (χ1) is 26.7. The SMILES string of the molecule is CN1C(c2cccc3ccccc23)=CC(c2ccccc2)=CC1c1cccc(-n2c3ccccc3c3c4c5ccccc5ccc4c4ccccc4c32)c1. The Bertz CT molecular complexity index is 3170. The van der Waals surface area contributed by atoms with Crippen molar-refractivity contribution >= 4 is 76.2 Å². The van der Waals surface area contributed by atoms with Crippen LogP contribution in [0.5, 0.6) is 0 Å². The molecule has 54 heavy (non-hydrogen) atoms. The van der Waals surface area contributed by atoms with Crippen molar-refractivity contribution < 1.29 is 0 Å². The van der Waals surface area contributed by atoms with Crippen LogP contribution in [0.25, 0.3) is 81.9 Å². The zero-order valence-corrected chi connectivity index (χ0v) is 29.9. The summed E-state index contributed by atoms with van der Waals surface area (Å²) < 4.78 is 2.52. The van der Waals surface area contributed by atoms with Crippen LogP contribution in [0.1, 0.15) is 22.7 Å². The fourth-order valence-electron chi connectivity index (χ4n) is 9.13. The topological polar surface area (TPSA) is 8.17 Å². The summed E-state index contributed by atoms with van der Waals surface area (Å²) >= 11 is 0. The van der Waals surface area contributed by atoms with E-state index in [0.717, 1.165) is 5.69 Å². The molecule has 0 spiro atoms. The van der Waals surface area contributed by atoms with Gasteiger partial charge in [-0.2, -0.15) is 0 Å². The van der Waals surface area contributed by atoms with Gasteiger partial charge in [-0.25, -0.2) is 0 Å². The van der Waals surface area contributed by atoms with Crippen LogP contribution in [-0.4, -0.2) is 16.5 Å². The number of fused-ring (bicyclic) bond motifs is 11. The Hall–Kier alpha value is -6.90. The van der Waals surface area contributed by atoms with Crippen molar-refractivity contribution in [1.29, 1.82) is 0 Å². The van der Waals surface area contributed by atoms with E-state index in [1.165, 1.54) is 92.9 Å². The van der Waals surface area contributed by atoms with Crippen molar-refractivity contribution in [2.24, 2.45) is 0 Å². The van der Waals surface area contributed by atoms with E-state index in [0.29, 0.717) is 0 Å². The Morgan fingerprint density at radius 2 is 1.11 bits per heavy atom. The second kappa shape index (κ2) is 12.1. The molecule has 0 saturated carbocycles. The van der Waals surface area contributed by atoms with E-state index >= 15 is 0 Å². The molecule has 0 amide bonds. The largest absolute Gasteiger partial charge is 0.364 e. The van der Waals surface area contributed by atoms with Crippen molar-refractivity contribution in [3.8, 4) is 5.69 Å². The highest BCUT2D eigenvalue weighted by Crippen LogP contribution is 2.46. The summed E-state index contributed by atoms with van der Waals surface area (Å²) in [4.78, 5) is 2.45. The summed E-state index contributed by atoms with van der Waals surface area (Å²) in [6, 6.07) is 66.8. The Morgan fingerprint density at radius 1 is 0.463 bits per heavy atom. The second-order valence-electron chi connectivity index (χ2n) is 14.5. The van der Waals surface area contributed by atoms with Gasteiger partial charge in [-0.1, -0.05) is 164 Å². The molecule has 0 bridgehead atoms. The summed E-state index contributed by atoms with van der Waals surface area (Å²) in [5, 5.41) is 12.8. The summed E-state index contributed by atoms with van der Waals surface area (Å²) in [7, 11) is 2.24. The number of likely N-dealkylation sites (N-methyl/N-ethyl adjacent to an activating group) is 1. The van der Waals surface area contributed by atoms with Crippen LogP contribution in [-0.2, 0) is 0 Å². The number of para-hydroxylation sites is 1. The van der Waals surface area contributed by atoms with Gasteiger partial charge >= 0.3 is 0 Å². The van der Waals surface area contributed by atoms with Crippen LogP contribution >= 0.6 is 0 Å². The van der Waals surface area contributed by atoms with Gasteiger partial charge in [0.25, 0.3) is 0 Å². The van der Waals surface area contributed by atoms with Crippen molar-refractivity contribution in [3.63, 3.8) is 0 Å². The third-order valence-corrected chi connectivity index (χ3v) is 11.6. The number of allylic oxidation sites excluding steroid dienone is 2. The molecular formula is C52H36N2. The predicted molar refractivity (Wildman–Crippen MR) is 230 cm³/mol. The molecule has 9 aromatic carbocycles. The van der Waals surface area contributed by atoms with Crippen molar-refractivity contribution in [1.82, 2.24) is 9.47 Å². The normalized spacial score (nSPS) is 14.8. The molecule has 10 aromatic rings. The number of nitrogens with zero attached hydrogens (tertiary/aromatic N) is 2. The number of hydrogen-bond donors (Lipinski definition) is 0.